The Morgan fingerprint density at radius 2 is 1.67 bits per heavy atom. The predicted molar refractivity (Wildman–Crippen MR) is 80.0 cm³/mol. The Balaban J connectivity index is 1.90. The zero-order valence-electron chi connectivity index (χ0n) is 10.6. The van der Waals surface area contributed by atoms with Gasteiger partial charge in [-0.2, -0.15) is 0 Å². The molecule has 0 bridgehead atoms. The second kappa shape index (κ2) is 4.43. The van der Waals surface area contributed by atoms with Gasteiger partial charge < -0.3 is 4.90 Å². The highest BCUT2D eigenvalue weighted by molar-refractivity contribution is 9.10. The Kier molecular flexibility index (Phi) is 2.90. The average molecular weight is 302 g/mol. The lowest BCUT2D eigenvalue weighted by Gasteiger charge is -2.09. The van der Waals surface area contributed by atoms with Crippen LogP contribution >= 0.6 is 15.9 Å². The van der Waals surface area contributed by atoms with Crippen LogP contribution in [-0.4, -0.2) is 6.04 Å². The van der Waals surface area contributed by atoms with Crippen LogP contribution in [0.2, 0.25) is 0 Å². The van der Waals surface area contributed by atoms with Crippen LogP contribution < -0.4 is 4.90 Å². The van der Waals surface area contributed by atoms with Crippen molar-refractivity contribution < 1.29 is 0 Å². The molecule has 1 nitrogen and oxygen atoms in total. The van der Waals surface area contributed by atoms with Gasteiger partial charge in [0.1, 0.15) is 0 Å². The summed E-state index contributed by atoms with van der Waals surface area (Å²) in [4.78, 5) is 2.48. The molecule has 2 aromatic rings. The summed E-state index contributed by atoms with van der Waals surface area (Å²) in [5.74, 6) is 0. The highest BCUT2D eigenvalue weighted by Gasteiger charge is 2.45. The molecule has 0 saturated carbocycles. The summed E-state index contributed by atoms with van der Waals surface area (Å²) in [6, 6.07) is 18.4. The standard InChI is InChI=1S/C16H16BrN/c1-11-5-3-4-6-15(11)18-12(2)16(18)13-7-9-14(17)10-8-13/h3-10,12,16H,1-2H3/t12-,16+,18?/m1/s1. The van der Waals surface area contributed by atoms with Gasteiger partial charge in [0.25, 0.3) is 0 Å². The van der Waals surface area contributed by atoms with E-state index in [0.29, 0.717) is 12.1 Å². The fourth-order valence-corrected chi connectivity index (χ4v) is 2.93. The molecule has 1 aliphatic heterocycles. The SMILES string of the molecule is Cc1ccccc1N1[C@H](C)[C@H]1c1ccc(Br)cc1. The minimum absolute atomic E-state index is 0.527. The van der Waals surface area contributed by atoms with Crippen molar-refractivity contribution in [3.63, 3.8) is 0 Å². The van der Waals surface area contributed by atoms with Gasteiger partial charge in [0.15, 0.2) is 0 Å². The first-order valence-corrected chi connectivity index (χ1v) is 7.07. The predicted octanol–water partition coefficient (Wildman–Crippen LogP) is 4.71. The van der Waals surface area contributed by atoms with Gasteiger partial charge in [-0.25, -0.2) is 0 Å². The number of rotatable bonds is 2. The average Bonchev–Trinajstić information content (AvgIpc) is 3.02. The van der Waals surface area contributed by atoms with Crippen LogP contribution in [0.1, 0.15) is 24.1 Å². The Bertz CT molecular complexity index is 562. The molecule has 2 atom stereocenters. The third-order valence-corrected chi connectivity index (χ3v) is 4.24. The lowest BCUT2D eigenvalue weighted by molar-refractivity contribution is 1.04. The van der Waals surface area contributed by atoms with Gasteiger partial charge in [-0.05, 0) is 43.2 Å². The van der Waals surface area contributed by atoms with Gasteiger partial charge in [0.2, 0.25) is 0 Å². The highest BCUT2D eigenvalue weighted by atomic mass is 79.9. The van der Waals surface area contributed by atoms with Crippen molar-refractivity contribution in [2.75, 3.05) is 4.90 Å². The van der Waals surface area contributed by atoms with Gasteiger partial charge in [-0.3, -0.25) is 0 Å². The molecule has 1 heterocycles. The molecule has 0 spiro atoms. The van der Waals surface area contributed by atoms with Crippen molar-refractivity contribution in [3.8, 4) is 0 Å². The Morgan fingerprint density at radius 1 is 1.00 bits per heavy atom. The van der Waals surface area contributed by atoms with E-state index in [1.165, 1.54) is 16.8 Å². The number of hydrogen-bond donors (Lipinski definition) is 0. The van der Waals surface area contributed by atoms with Crippen molar-refractivity contribution in [3.05, 3.63) is 64.1 Å². The molecule has 92 valence electrons. The largest absolute Gasteiger partial charge is 0.357 e. The van der Waals surface area contributed by atoms with Crippen LogP contribution in [-0.2, 0) is 0 Å². The van der Waals surface area contributed by atoms with Gasteiger partial charge in [-0.1, -0.05) is 46.3 Å². The minimum Gasteiger partial charge on any atom is -0.357 e. The summed E-state index contributed by atoms with van der Waals surface area (Å²) in [6.45, 7) is 4.47. The summed E-state index contributed by atoms with van der Waals surface area (Å²) in [6.07, 6.45) is 0. The van der Waals surface area contributed by atoms with E-state index in [4.69, 9.17) is 0 Å². The lowest BCUT2D eigenvalue weighted by atomic mass is 10.1. The second-order valence-corrected chi connectivity index (χ2v) is 5.85. The summed E-state index contributed by atoms with van der Waals surface area (Å²) < 4.78 is 1.14. The van der Waals surface area contributed by atoms with E-state index in [2.05, 4.69) is 83.2 Å². The number of hydrogen-bond acceptors (Lipinski definition) is 1. The number of nitrogens with zero attached hydrogens (tertiary/aromatic N) is 1. The molecule has 1 fully saturated rings. The molecular weight excluding hydrogens is 286 g/mol. The van der Waals surface area contributed by atoms with Crippen molar-refractivity contribution in [2.24, 2.45) is 0 Å². The molecule has 0 aliphatic carbocycles. The molecule has 0 radical (unpaired) electrons. The van der Waals surface area contributed by atoms with Gasteiger partial charge in [0, 0.05) is 10.2 Å². The summed E-state index contributed by atoms with van der Waals surface area (Å²) in [7, 11) is 0. The number of halogens is 1. The maximum absolute atomic E-state index is 3.49. The molecule has 1 aliphatic rings. The maximum atomic E-state index is 3.49. The number of benzene rings is 2. The Morgan fingerprint density at radius 3 is 2.33 bits per heavy atom. The Hall–Kier alpha value is -1.28. The molecule has 2 aromatic carbocycles. The van der Waals surface area contributed by atoms with Crippen LogP contribution in [0.5, 0.6) is 0 Å². The normalized spacial score (nSPS) is 22.1. The first-order valence-electron chi connectivity index (χ1n) is 6.28. The van der Waals surface area contributed by atoms with Crippen LogP contribution in [0.4, 0.5) is 5.69 Å². The van der Waals surface area contributed by atoms with Crippen molar-refractivity contribution >= 4 is 21.6 Å². The highest BCUT2D eigenvalue weighted by Crippen LogP contribution is 2.47. The quantitative estimate of drug-likeness (QED) is 0.726. The summed E-state index contributed by atoms with van der Waals surface area (Å²) in [5.41, 5.74) is 4.11. The molecule has 0 N–H and O–H groups in total. The molecule has 0 unspecified atom stereocenters. The van der Waals surface area contributed by atoms with Crippen molar-refractivity contribution in [1.29, 1.82) is 0 Å². The first kappa shape index (κ1) is 11.8. The minimum atomic E-state index is 0.527. The lowest BCUT2D eigenvalue weighted by Crippen LogP contribution is -1.98. The molecule has 0 aromatic heterocycles. The van der Waals surface area contributed by atoms with E-state index in [-0.39, 0.29) is 0 Å². The zero-order valence-corrected chi connectivity index (χ0v) is 12.2. The maximum Gasteiger partial charge on any atom is 0.0747 e. The number of aryl methyl sites for hydroxylation is 1. The van der Waals surface area contributed by atoms with E-state index in [0.717, 1.165) is 4.47 Å². The third kappa shape index (κ3) is 1.95. The zero-order chi connectivity index (χ0) is 12.7. The van der Waals surface area contributed by atoms with Crippen LogP contribution in [0, 0.1) is 6.92 Å². The fourth-order valence-electron chi connectivity index (χ4n) is 2.67. The topological polar surface area (TPSA) is 3.01 Å². The molecule has 2 heteroatoms. The fraction of sp³-hybridized carbons (Fsp3) is 0.250. The molecule has 0 amide bonds. The van der Waals surface area contributed by atoms with E-state index in [9.17, 15) is 0 Å². The van der Waals surface area contributed by atoms with Gasteiger partial charge >= 0.3 is 0 Å². The van der Waals surface area contributed by atoms with E-state index >= 15 is 0 Å². The van der Waals surface area contributed by atoms with Crippen LogP contribution in [0.25, 0.3) is 0 Å². The van der Waals surface area contributed by atoms with Crippen molar-refractivity contribution in [2.45, 2.75) is 25.9 Å². The van der Waals surface area contributed by atoms with E-state index in [1.807, 2.05) is 0 Å². The van der Waals surface area contributed by atoms with Gasteiger partial charge in [0.05, 0.1) is 12.1 Å². The summed E-state index contributed by atoms with van der Waals surface area (Å²) in [5, 5.41) is 0. The first-order chi connectivity index (χ1) is 8.68. The van der Waals surface area contributed by atoms with E-state index < -0.39 is 0 Å². The number of anilines is 1. The smallest absolute Gasteiger partial charge is 0.0747 e. The summed E-state index contributed by atoms with van der Waals surface area (Å²) >= 11 is 3.49. The van der Waals surface area contributed by atoms with Crippen LogP contribution in [0.15, 0.2) is 53.0 Å². The van der Waals surface area contributed by atoms with Crippen molar-refractivity contribution in [1.82, 2.24) is 0 Å². The van der Waals surface area contributed by atoms with Gasteiger partial charge in [-0.15, -0.1) is 0 Å². The Labute approximate surface area is 117 Å². The monoisotopic (exact) mass is 301 g/mol. The third-order valence-electron chi connectivity index (χ3n) is 3.71. The molecule has 18 heavy (non-hydrogen) atoms. The molecular formula is C16H16BrN. The molecule has 1 saturated heterocycles. The number of para-hydroxylation sites is 1. The second-order valence-electron chi connectivity index (χ2n) is 4.93. The van der Waals surface area contributed by atoms with Crippen LogP contribution in [0.3, 0.4) is 0 Å². The molecule has 3 rings (SSSR count). The van der Waals surface area contributed by atoms with E-state index in [1.54, 1.807) is 0 Å².